The lowest BCUT2D eigenvalue weighted by atomic mass is 9.99. The molecule has 1 atom stereocenters. The molecule has 10 nitrogen and oxygen atoms in total. The Balaban J connectivity index is 0.992. The van der Waals surface area contributed by atoms with Crippen LogP contribution in [0.25, 0.3) is 5.00 Å². The van der Waals surface area contributed by atoms with Crippen molar-refractivity contribution in [3.63, 3.8) is 0 Å². The number of imide groups is 1. The number of hydrogen-bond acceptors (Lipinski definition) is 9. The predicted octanol–water partition coefficient (Wildman–Crippen LogP) is 6.00. The lowest BCUT2D eigenvalue weighted by Crippen LogP contribution is -2.30. The lowest BCUT2D eigenvalue weighted by Gasteiger charge is -2.12. The second kappa shape index (κ2) is 13.9. The molecule has 13 heteroatoms. The number of fused-ring (bicyclic) bond motifs is 4. The van der Waals surface area contributed by atoms with E-state index in [0.29, 0.717) is 22.0 Å². The number of aryl methyl sites for hydroxylation is 2. The molecule has 7 rings (SSSR count). The van der Waals surface area contributed by atoms with Crippen molar-refractivity contribution >= 4 is 57.7 Å². The third-order valence-electron chi connectivity index (χ3n) is 8.16. The van der Waals surface area contributed by atoms with Crippen molar-refractivity contribution in [2.75, 3.05) is 13.2 Å². The second-order valence-corrected chi connectivity index (χ2v) is 14.1. The van der Waals surface area contributed by atoms with E-state index in [4.69, 9.17) is 21.4 Å². The predicted molar refractivity (Wildman–Crippen MR) is 192 cm³/mol. The quantitative estimate of drug-likeness (QED) is 0.170. The van der Waals surface area contributed by atoms with Gasteiger partial charge in [-0.1, -0.05) is 59.5 Å². The van der Waals surface area contributed by atoms with Gasteiger partial charge in [-0.3, -0.25) is 23.9 Å². The number of rotatable bonds is 6. The molecule has 5 aromatic rings. The van der Waals surface area contributed by atoms with Crippen molar-refractivity contribution in [2.24, 2.45) is 4.99 Å². The fourth-order valence-corrected chi connectivity index (χ4v) is 7.73. The Morgan fingerprint density at radius 2 is 1.60 bits per heavy atom. The van der Waals surface area contributed by atoms with Crippen LogP contribution < -0.4 is 5.32 Å². The van der Waals surface area contributed by atoms with Crippen molar-refractivity contribution in [1.29, 1.82) is 0 Å². The molecule has 0 saturated carbocycles. The molecule has 2 aliphatic heterocycles. The first-order valence-electron chi connectivity index (χ1n) is 15.5. The molecule has 0 saturated heterocycles. The first-order valence-corrected chi connectivity index (χ1v) is 17.5. The number of carbonyl (C=O) groups excluding carboxylic acids is 3. The van der Waals surface area contributed by atoms with E-state index in [1.807, 2.05) is 47.9 Å². The molecule has 0 fully saturated rings. The largest absolute Gasteiger partial charge is 0.345 e. The molecule has 0 aliphatic carbocycles. The molecule has 1 N–H and O–H groups in total. The smallest absolute Gasteiger partial charge is 0.285 e. The van der Waals surface area contributed by atoms with Gasteiger partial charge in [0.2, 0.25) is 5.91 Å². The highest BCUT2D eigenvalue weighted by molar-refractivity contribution is 7.15. The van der Waals surface area contributed by atoms with Crippen LogP contribution in [0.15, 0.2) is 65.7 Å². The van der Waals surface area contributed by atoms with E-state index in [1.165, 1.54) is 16.2 Å². The summed E-state index contributed by atoms with van der Waals surface area (Å²) in [6.07, 6.45) is 0.0609. The molecule has 248 valence electrons. The van der Waals surface area contributed by atoms with E-state index < -0.39 is 17.9 Å². The van der Waals surface area contributed by atoms with Gasteiger partial charge >= 0.3 is 0 Å². The number of hydrogen-bond donors (Lipinski definition) is 1. The topological polar surface area (TPSA) is 119 Å². The fraction of sp³-hybridized carbons (Fsp3) is 0.189. The molecule has 2 aromatic carbocycles. The molecule has 0 spiro atoms. The standard InChI is InChI=1S/C37H27ClN6O4S2/c1-21-22(2)49-37-32(21)33(24-12-14-25(38)15-13-24)40-30(34-42-41-23(3)43(34)37)20-31(45)39-18-6-8-26-16-17-27(50-26)9-7-19-48-44-35(46)28-10-4-5-11-29(28)36(44)47/h4-5,10-17,30H,18-20H2,1-3H3,(H,39,45)/t30-/m0/s1. The molecular formula is C37H27ClN6O4S2. The Hall–Kier alpha value is -5.37. The summed E-state index contributed by atoms with van der Waals surface area (Å²) in [4.78, 5) is 51.2. The normalized spacial score (nSPS) is 14.4. The third-order valence-corrected chi connectivity index (χ3v) is 10.5. The summed E-state index contributed by atoms with van der Waals surface area (Å²) in [5.74, 6) is 12.0. The van der Waals surface area contributed by atoms with Crippen LogP contribution >= 0.6 is 34.3 Å². The zero-order valence-electron chi connectivity index (χ0n) is 27.0. The average Bonchev–Trinajstić information content (AvgIpc) is 3.84. The Bertz CT molecular complexity index is 2310. The van der Waals surface area contributed by atoms with Crippen LogP contribution in [0.5, 0.6) is 0 Å². The first-order chi connectivity index (χ1) is 24.2. The number of carbonyl (C=O) groups is 3. The minimum atomic E-state index is -0.575. The third kappa shape index (κ3) is 6.38. The maximum Gasteiger partial charge on any atom is 0.285 e. The highest BCUT2D eigenvalue weighted by Crippen LogP contribution is 2.39. The van der Waals surface area contributed by atoms with Crippen molar-refractivity contribution < 1.29 is 19.2 Å². The monoisotopic (exact) mass is 718 g/mol. The minimum absolute atomic E-state index is 0.0609. The van der Waals surface area contributed by atoms with Crippen LogP contribution in [0.4, 0.5) is 0 Å². The summed E-state index contributed by atoms with van der Waals surface area (Å²) >= 11 is 9.24. The molecular weight excluding hydrogens is 692 g/mol. The zero-order chi connectivity index (χ0) is 34.9. The van der Waals surface area contributed by atoms with Gasteiger partial charge in [-0.05, 0) is 62.7 Å². The molecule has 2 aliphatic rings. The molecule has 0 unspecified atom stereocenters. The zero-order valence-corrected chi connectivity index (χ0v) is 29.4. The van der Waals surface area contributed by atoms with Gasteiger partial charge in [0.05, 0.1) is 39.6 Å². The number of nitrogens with zero attached hydrogens (tertiary/aromatic N) is 5. The highest BCUT2D eigenvalue weighted by Gasteiger charge is 2.36. The molecule has 5 heterocycles. The summed E-state index contributed by atoms with van der Waals surface area (Å²) in [6, 6.07) is 17.2. The number of amides is 3. The first kappa shape index (κ1) is 33.1. The van der Waals surface area contributed by atoms with Gasteiger partial charge in [0.15, 0.2) is 5.82 Å². The minimum Gasteiger partial charge on any atom is -0.345 e. The Morgan fingerprint density at radius 1 is 0.920 bits per heavy atom. The molecule has 3 aromatic heterocycles. The summed E-state index contributed by atoms with van der Waals surface area (Å²) in [6.45, 7) is 6.08. The molecule has 50 heavy (non-hydrogen) atoms. The van der Waals surface area contributed by atoms with Crippen LogP contribution in [0, 0.1) is 44.5 Å². The second-order valence-electron chi connectivity index (χ2n) is 11.4. The van der Waals surface area contributed by atoms with E-state index in [9.17, 15) is 14.4 Å². The summed E-state index contributed by atoms with van der Waals surface area (Å²) in [5, 5.41) is 14.1. The molecule has 0 radical (unpaired) electrons. The van der Waals surface area contributed by atoms with Gasteiger partial charge in [0.25, 0.3) is 11.8 Å². The van der Waals surface area contributed by atoms with Gasteiger partial charge in [-0.15, -0.1) is 37.9 Å². The van der Waals surface area contributed by atoms with Crippen molar-refractivity contribution in [2.45, 2.75) is 33.2 Å². The number of aromatic nitrogens is 3. The SMILES string of the molecule is Cc1sc2c(c1C)C(c1ccc(Cl)cc1)=N[C@@H](CC(=O)NCC#Cc1ccc(C#CCON3C(=O)c4ccccc4C3=O)s1)c1nnc(C)n1-2. The summed E-state index contributed by atoms with van der Waals surface area (Å²) in [7, 11) is 0. The fourth-order valence-electron chi connectivity index (χ4n) is 5.63. The summed E-state index contributed by atoms with van der Waals surface area (Å²) < 4.78 is 2.01. The maximum atomic E-state index is 13.2. The number of halogens is 1. The van der Waals surface area contributed by atoms with Gasteiger partial charge < -0.3 is 5.32 Å². The number of aliphatic imine (C=N–C) groups is 1. The Labute approximate surface area is 300 Å². The lowest BCUT2D eigenvalue weighted by molar-refractivity contribution is -0.121. The number of thiophene rings is 2. The van der Waals surface area contributed by atoms with Gasteiger partial charge in [0.1, 0.15) is 23.5 Å². The van der Waals surface area contributed by atoms with Crippen LogP contribution in [-0.4, -0.2) is 56.4 Å². The maximum absolute atomic E-state index is 13.2. The van der Waals surface area contributed by atoms with E-state index in [0.717, 1.165) is 48.0 Å². The Kier molecular flexibility index (Phi) is 9.19. The summed E-state index contributed by atoms with van der Waals surface area (Å²) in [5.41, 5.74) is 4.43. The number of hydroxylamine groups is 2. The van der Waals surface area contributed by atoms with Crippen LogP contribution in [0.3, 0.4) is 0 Å². The highest BCUT2D eigenvalue weighted by atomic mass is 35.5. The van der Waals surface area contributed by atoms with Crippen molar-refractivity contribution in [3.8, 4) is 28.7 Å². The van der Waals surface area contributed by atoms with E-state index in [1.54, 1.807) is 35.6 Å². The van der Waals surface area contributed by atoms with Gasteiger partial charge in [0, 0.05) is 21.0 Å². The average molecular weight is 719 g/mol. The Morgan fingerprint density at radius 3 is 2.30 bits per heavy atom. The van der Waals surface area contributed by atoms with Crippen LogP contribution in [0.2, 0.25) is 5.02 Å². The van der Waals surface area contributed by atoms with E-state index in [2.05, 4.69) is 53.0 Å². The van der Waals surface area contributed by atoms with Gasteiger partial charge in [-0.25, -0.2) is 4.84 Å². The molecule has 0 bridgehead atoms. The van der Waals surface area contributed by atoms with Crippen LogP contribution in [0.1, 0.15) is 76.1 Å². The number of nitrogens with one attached hydrogen (secondary N) is 1. The number of benzene rings is 2. The van der Waals surface area contributed by atoms with Gasteiger partial charge in [-0.2, -0.15) is 0 Å². The van der Waals surface area contributed by atoms with E-state index >= 15 is 0 Å². The van der Waals surface area contributed by atoms with E-state index in [-0.39, 0.29) is 25.5 Å². The van der Waals surface area contributed by atoms with Crippen LogP contribution in [-0.2, 0) is 9.63 Å². The molecule has 3 amide bonds. The van der Waals surface area contributed by atoms with Crippen molar-refractivity contribution in [3.05, 3.63) is 120 Å². The van der Waals surface area contributed by atoms with Crippen molar-refractivity contribution in [1.82, 2.24) is 25.1 Å².